The van der Waals surface area contributed by atoms with Crippen LogP contribution in [0.3, 0.4) is 0 Å². The summed E-state index contributed by atoms with van der Waals surface area (Å²) in [6.07, 6.45) is 0. The van der Waals surface area contributed by atoms with Gasteiger partial charge in [-0.2, -0.15) is 0 Å². The van der Waals surface area contributed by atoms with Crippen LogP contribution in [-0.4, -0.2) is 11.1 Å². The number of hydrogen-bond acceptors (Lipinski definition) is 3. The predicted molar refractivity (Wildman–Crippen MR) is 68.1 cm³/mol. The Morgan fingerprint density at radius 2 is 2.12 bits per heavy atom. The molecule has 0 aliphatic carbocycles. The van der Waals surface area contributed by atoms with Gasteiger partial charge in [0.2, 0.25) is 0 Å². The van der Waals surface area contributed by atoms with E-state index < -0.39 is 0 Å². The van der Waals surface area contributed by atoms with E-state index in [1.807, 2.05) is 18.2 Å². The van der Waals surface area contributed by atoms with Gasteiger partial charge in [-0.3, -0.25) is 4.57 Å². The Bertz CT molecular complexity index is 581. The Labute approximate surface area is 100 Å². The van der Waals surface area contributed by atoms with Crippen LogP contribution in [0.2, 0.25) is 0 Å². The topological polar surface area (TPSA) is 61.2 Å². The lowest BCUT2D eigenvalue weighted by Gasteiger charge is -2.18. The summed E-state index contributed by atoms with van der Waals surface area (Å²) < 4.78 is 6.69. The van der Waals surface area contributed by atoms with Gasteiger partial charge in [0, 0.05) is 7.05 Å². The van der Waals surface area contributed by atoms with Crippen LogP contribution >= 0.6 is 0 Å². The third-order valence-electron chi connectivity index (χ3n) is 3.30. The van der Waals surface area contributed by atoms with Gasteiger partial charge in [0.15, 0.2) is 5.58 Å². The first-order chi connectivity index (χ1) is 8.04. The zero-order chi connectivity index (χ0) is 12.6. The Hall–Kier alpha value is -1.55. The highest BCUT2D eigenvalue weighted by molar-refractivity contribution is 5.73. The molecule has 17 heavy (non-hydrogen) atoms. The quantitative estimate of drug-likeness (QED) is 0.881. The molecule has 1 unspecified atom stereocenters. The lowest BCUT2D eigenvalue weighted by molar-refractivity contribution is 0.503. The van der Waals surface area contributed by atoms with Gasteiger partial charge in [-0.05, 0) is 36.1 Å². The molecule has 0 aliphatic rings. The molecule has 1 heterocycles. The number of oxazole rings is 1. The van der Waals surface area contributed by atoms with Crippen molar-refractivity contribution in [2.24, 2.45) is 18.7 Å². The first-order valence-corrected chi connectivity index (χ1v) is 5.84. The molecule has 2 aromatic rings. The van der Waals surface area contributed by atoms with Crippen molar-refractivity contribution in [1.82, 2.24) is 4.57 Å². The summed E-state index contributed by atoms with van der Waals surface area (Å²) in [5.41, 5.74) is 8.37. The Morgan fingerprint density at radius 3 is 2.71 bits per heavy atom. The zero-order valence-corrected chi connectivity index (χ0v) is 10.4. The van der Waals surface area contributed by atoms with Crippen LogP contribution in [0.5, 0.6) is 0 Å². The third kappa shape index (κ3) is 2.00. The van der Waals surface area contributed by atoms with Crippen molar-refractivity contribution in [2.75, 3.05) is 6.54 Å². The van der Waals surface area contributed by atoms with Gasteiger partial charge in [0.05, 0.1) is 5.52 Å². The average molecular weight is 234 g/mol. The number of hydrogen-bond donors (Lipinski definition) is 1. The van der Waals surface area contributed by atoms with E-state index in [9.17, 15) is 4.79 Å². The van der Waals surface area contributed by atoms with E-state index in [4.69, 9.17) is 10.2 Å². The lowest BCUT2D eigenvalue weighted by Crippen LogP contribution is -2.17. The molecule has 1 atom stereocenters. The molecular weight excluding hydrogens is 216 g/mol. The number of aryl methyl sites for hydroxylation is 1. The minimum absolute atomic E-state index is 0.296. The second-order valence-electron chi connectivity index (χ2n) is 4.74. The fraction of sp³-hybridized carbons (Fsp3) is 0.462. The van der Waals surface area contributed by atoms with E-state index in [0.717, 1.165) is 11.1 Å². The van der Waals surface area contributed by atoms with Gasteiger partial charge in [-0.1, -0.05) is 19.9 Å². The van der Waals surface area contributed by atoms with Crippen LogP contribution < -0.4 is 11.5 Å². The monoisotopic (exact) mass is 234 g/mol. The molecule has 0 bridgehead atoms. The second-order valence-corrected chi connectivity index (χ2v) is 4.74. The Balaban J connectivity index is 2.54. The largest absolute Gasteiger partial charge is 0.419 e. The number of benzene rings is 1. The van der Waals surface area contributed by atoms with Crippen molar-refractivity contribution >= 4 is 11.1 Å². The van der Waals surface area contributed by atoms with E-state index in [0.29, 0.717) is 24.0 Å². The van der Waals surface area contributed by atoms with E-state index in [1.54, 1.807) is 7.05 Å². The average Bonchev–Trinajstić information content (AvgIpc) is 2.55. The molecule has 2 N–H and O–H groups in total. The van der Waals surface area contributed by atoms with E-state index in [-0.39, 0.29) is 5.76 Å². The van der Waals surface area contributed by atoms with Crippen molar-refractivity contribution in [3.63, 3.8) is 0 Å². The van der Waals surface area contributed by atoms with Crippen LogP contribution in [0.25, 0.3) is 11.1 Å². The molecule has 1 aromatic heterocycles. The Kier molecular flexibility index (Phi) is 3.07. The molecule has 0 spiro atoms. The van der Waals surface area contributed by atoms with Crippen molar-refractivity contribution < 1.29 is 4.42 Å². The normalized spacial score (nSPS) is 13.5. The highest BCUT2D eigenvalue weighted by Gasteiger charge is 2.16. The summed E-state index contributed by atoms with van der Waals surface area (Å²) in [6, 6.07) is 5.86. The molecule has 0 radical (unpaired) electrons. The van der Waals surface area contributed by atoms with Crippen LogP contribution in [0, 0.1) is 5.92 Å². The predicted octanol–water partition coefficient (Wildman–Crippen LogP) is 1.83. The summed E-state index contributed by atoms with van der Waals surface area (Å²) in [7, 11) is 1.71. The molecule has 0 fully saturated rings. The molecule has 0 saturated carbocycles. The highest BCUT2D eigenvalue weighted by Crippen LogP contribution is 2.26. The van der Waals surface area contributed by atoms with E-state index in [2.05, 4.69) is 13.8 Å². The number of nitrogens with two attached hydrogens (primary N) is 1. The molecule has 4 heteroatoms. The molecular formula is C13H18N2O2. The van der Waals surface area contributed by atoms with E-state index in [1.165, 1.54) is 4.57 Å². The number of rotatable bonds is 3. The Morgan fingerprint density at radius 1 is 1.41 bits per heavy atom. The molecule has 1 aromatic carbocycles. The maximum absolute atomic E-state index is 11.4. The SMILES string of the molecule is CC(C)C(CN)c1ccc2c(c1)oc(=O)n2C. The summed E-state index contributed by atoms with van der Waals surface area (Å²) in [5, 5.41) is 0. The van der Waals surface area contributed by atoms with Crippen molar-refractivity contribution in [3.05, 3.63) is 34.3 Å². The summed E-state index contributed by atoms with van der Waals surface area (Å²) in [5.74, 6) is 0.434. The minimum Gasteiger partial charge on any atom is -0.408 e. The van der Waals surface area contributed by atoms with E-state index >= 15 is 0 Å². The molecule has 2 rings (SSSR count). The van der Waals surface area contributed by atoms with Crippen molar-refractivity contribution in [2.45, 2.75) is 19.8 Å². The maximum atomic E-state index is 11.4. The minimum atomic E-state index is -0.328. The molecule has 92 valence electrons. The summed E-state index contributed by atoms with van der Waals surface area (Å²) in [6.45, 7) is 4.88. The second kappa shape index (κ2) is 4.37. The summed E-state index contributed by atoms with van der Waals surface area (Å²) in [4.78, 5) is 11.4. The van der Waals surface area contributed by atoms with Gasteiger partial charge in [0.25, 0.3) is 0 Å². The fourth-order valence-corrected chi connectivity index (χ4v) is 2.17. The summed E-state index contributed by atoms with van der Waals surface area (Å²) >= 11 is 0. The van der Waals surface area contributed by atoms with Gasteiger partial charge < -0.3 is 10.2 Å². The maximum Gasteiger partial charge on any atom is 0.419 e. The van der Waals surface area contributed by atoms with Gasteiger partial charge in [-0.25, -0.2) is 4.79 Å². The molecule has 0 amide bonds. The van der Waals surface area contributed by atoms with Crippen molar-refractivity contribution in [1.29, 1.82) is 0 Å². The zero-order valence-electron chi connectivity index (χ0n) is 10.4. The molecule has 0 aliphatic heterocycles. The first kappa shape index (κ1) is 11.9. The standard InChI is InChI=1S/C13H18N2O2/c1-8(2)10(7-14)9-4-5-11-12(6-9)17-13(16)15(11)3/h4-6,8,10H,7,14H2,1-3H3. The van der Waals surface area contributed by atoms with Gasteiger partial charge in [-0.15, -0.1) is 0 Å². The smallest absolute Gasteiger partial charge is 0.408 e. The van der Waals surface area contributed by atoms with Crippen LogP contribution in [0.15, 0.2) is 27.4 Å². The van der Waals surface area contributed by atoms with Crippen LogP contribution in [0.1, 0.15) is 25.3 Å². The molecule has 0 saturated heterocycles. The number of nitrogens with zero attached hydrogens (tertiary/aromatic N) is 1. The number of aromatic nitrogens is 1. The van der Waals surface area contributed by atoms with Gasteiger partial charge in [0.1, 0.15) is 0 Å². The third-order valence-corrected chi connectivity index (χ3v) is 3.30. The van der Waals surface area contributed by atoms with Gasteiger partial charge >= 0.3 is 5.76 Å². The number of fused-ring (bicyclic) bond motifs is 1. The van der Waals surface area contributed by atoms with Crippen LogP contribution in [0.4, 0.5) is 0 Å². The molecule has 4 nitrogen and oxygen atoms in total. The fourth-order valence-electron chi connectivity index (χ4n) is 2.17. The van der Waals surface area contributed by atoms with Crippen LogP contribution in [-0.2, 0) is 7.05 Å². The lowest BCUT2D eigenvalue weighted by atomic mass is 9.88. The highest BCUT2D eigenvalue weighted by atomic mass is 16.4. The van der Waals surface area contributed by atoms with Crippen molar-refractivity contribution in [3.8, 4) is 0 Å². The first-order valence-electron chi connectivity index (χ1n) is 5.84.